The zero-order chi connectivity index (χ0) is 14.6. The molecule has 0 unspecified atom stereocenters. The van der Waals surface area contributed by atoms with Gasteiger partial charge in [0.2, 0.25) is 5.91 Å². The van der Waals surface area contributed by atoms with Crippen LogP contribution >= 0.6 is 12.4 Å². The molecule has 2 N–H and O–H groups in total. The molecule has 0 radical (unpaired) electrons. The van der Waals surface area contributed by atoms with E-state index in [4.69, 9.17) is 0 Å². The molecule has 0 aromatic rings. The summed E-state index contributed by atoms with van der Waals surface area (Å²) in [6, 6.07) is 0. The van der Waals surface area contributed by atoms with E-state index in [2.05, 4.69) is 24.5 Å². The Morgan fingerprint density at radius 2 is 1.81 bits per heavy atom. The van der Waals surface area contributed by atoms with E-state index in [9.17, 15) is 4.79 Å². The van der Waals surface area contributed by atoms with E-state index in [0.29, 0.717) is 0 Å². The maximum atomic E-state index is 11.7. The predicted molar refractivity (Wildman–Crippen MR) is 93.0 cm³/mol. The van der Waals surface area contributed by atoms with Crippen molar-refractivity contribution in [3.8, 4) is 0 Å². The number of rotatable bonds is 10. The molecule has 4 heteroatoms. The highest BCUT2D eigenvalue weighted by Crippen LogP contribution is 2.17. The third kappa shape index (κ3) is 12.0. The molecule has 0 atom stereocenters. The number of nitrogens with one attached hydrogen (secondary N) is 2. The zero-order valence-corrected chi connectivity index (χ0v) is 14.8. The fourth-order valence-electron chi connectivity index (χ4n) is 2.85. The molecule has 1 rings (SSSR count). The van der Waals surface area contributed by atoms with E-state index in [-0.39, 0.29) is 18.3 Å². The molecule has 21 heavy (non-hydrogen) atoms. The van der Waals surface area contributed by atoms with Gasteiger partial charge in [-0.2, -0.15) is 0 Å². The SMILES string of the molecule is CC(C)CCCCCCNC(=O)CCC1CCNCC1.Cl. The second-order valence-corrected chi connectivity index (χ2v) is 6.68. The van der Waals surface area contributed by atoms with Crippen LogP contribution in [0.3, 0.4) is 0 Å². The topological polar surface area (TPSA) is 41.1 Å². The lowest BCUT2D eigenvalue weighted by Crippen LogP contribution is -2.29. The van der Waals surface area contributed by atoms with E-state index in [1.54, 1.807) is 0 Å². The van der Waals surface area contributed by atoms with Gasteiger partial charge in [0.25, 0.3) is 0 Å². The molecule has 1 amide bonds. The minimum atomic E-state index is 0. The molecule has 0 aliphatic carbocycles. The van der Waals surface area contributed by atoms with E-state index >= 15 is 0 Å². The first-order chi connectivity index (χ1) is 9.68. The van der Waals surface area contributed by atoms with Crippen molar-refractivity contribution in [2.24, 2.45) is 11.8 Å². The van der Waals surface area contributed by atoms with Gasteiger partial charge < -0.3 is 10.6 Å². The Balaban J connectivity index is 0.00000400. The van der Waals surface area contributed by atoms with Gasteiger partial charge in [-0.3, -0.25) is 4.79 Å². The van der Waals surface area contributed by atoms with Crippen molar-refractivity contribution in [3.63, 3.8) is 0 Å². The summed E-state index contributed by atoms with van der Waals surface area (Å²) >= 11 is 0. The van der Waals surface area contributed by atoms with Crippen molar-refractivity contribution in [1.82, 2.24) is 10.6 Å². The van der Waals surface area contributed by atoms with Crippen LogP contribution < -0.4 is 10.6 Å². The van der Waals surface area contributed by atoms with Crippen LogP contribution in [0.15, 0.2) is 0 Å². The van der Waals surface area contributed by atoms with Gasteiger partial charge in [0, 0.05) is 13.0 Å². The molecule has 1 aliphatic heterocycles. The summed E-state index contributed by atoms with van der Waals surface area (Å²) in [5.41, 5.74) is 0. The molecule has 0 spiro atoms. The molecule has 1 fully saturated rings. The van der Waals surface area contributed by atoms with E-state index in [1.165, 1.54) is 38.5 Å². The number of unbranched alkanes of at least 4 members (excludes halogenated alkanes) is 3. The Bertz CT molecular complexity index is 253. The molecule has 0 bridgehead atoms. The first-order valence-electron chi connectivity index (χ1n) is 8.66. The van der Waals surface area contributed by atoms with Gasteiger partial charge in [-0.1, -0.05) is 39.5 Å². The molecule has 0 aromatic heterocycles. The average molecular weight is 319 g/mol. The highest BCUT2D eigenvalue weighted by molar-refractivity contribution is 5.85. The Kier molecular flexibility index (Phi) is 13.2. The fourth-order valence-corrected chi connectivity index (χ4v) is 2.85. The molecular weight excluding hydrogens is 284 g/mol. The first kappa shape index (κ1) is 20.7. The minimum Gasteiger partial charge on any atom is -0.356 e. The van der Waals surface area contributed by atoms with Crippen LogP contribution in [0.25, 0.3) is 0 Å². The average Bonchev–Trinajstić information content (AvgIpc) is 2.45. The Labute approximate surface area is 137 Å². The molecule has 0 saturated carbocycles. The van der Waals surface area contributed by atoms with Crippen molar-refractivity contribution in [3.05, 3.63) is 0 Å². The quantitative estimate of drug-likeness (QED) is 0.600. The number of hydrogen-bond acceptors (Lipinski definition) is 2. The molecule has 3 nitrogen and oxygen atoms in total. The number of piperidine rings is 1. The summed E-state index contributed by atoms with van der Waals surface area (Å²) in [6.45, 7) is 7.68. The van der Waals surface area contributed by atoms with Gasteiger partial charge in [0.1, 0.15) is 0 Å². The number of carbonyl (C=O) groups excluding carboxylic acids is 1. The molecular formula is C17H35ClN2O. The van der Waals surface area contributed by atoms with Crippen molar-refractivity contribution >= 4 is 18.3 Å². The number of halogens is 1. The van der Waals surface area contributed by atoms with Crippen LogP contribution in [0.5, 0.6) is 0 Å². The van der Waals surface area contributed by atoms with Crippen LogP contribution in [-0.4, -0.2) is 25.5 Å². The van der Waals surface area contributed by atoms with Gasteiger partial charge >= 0.3 is 0 Å². The van der Waals surface area contributed by atoms with E-state index in [1.807, 2.05) is 0 Å². The van der Waals surface area contributed by atoms with Gasteiger partial charge in [-0.15, -0.1) is 12.4 Å². The zero-order valence-electron chi connectivity index (χ0n) is 14.0. The Hall–Kier alpha value is -0.280. The number of carbonyl (C=O) groups is 1. The summed E-state index contributed by atoms with van der Waals surface area (Å²) in [5, 5.41) is 6.43. The van der Waals surface area contributed by atoms with Crippen LogP contribution in [0, 0.1) is 11.8 Å². The molecule has 0 aromatic carbocycles. The summed E-state index contributed by atoms with van der Waals surface area (Å²) < 4.78 is 0. The van der Waals surface area contributed by atoms with Crippen molar-refractivity contribution in [2.75, 3.05) is 19.6 Å². The number of amides is 1. The van der Waals surface area contributed by atoms with E-state index < -0.39 is 0 Å². The smallest absolute Gasteiger partial charge is 0.220 e. The Morgan fingerprint density at radius 3 is 2.48 bits per heavy atom. The van der Waals surface area contributed by atoms with Crippen LogP contribution in [0.4, 0.5) is 0 Å². The third-order valence-electron chi connectivity index (χ3n) is 4.27. The summed E-state index contributed by atoms with van der Waals surface area (Å²) in [7, 11) is 0. The maximum Gasteiger partial charge on any atom is 0.220 e. The highest BCUT2D eigenvalue weighted by atomic mass is 35.5. The minimum absolute atomic E-state index is 0. The number of hydrogen-bond donors (Lipinski definition) is 2. The van der Waals surface area contributed by atoms with Gasteiger partial charge in [-0.05, 0) is 50.6 Å². The highest BCUT2D eigenvalue weighted by Gasteiger charge is 2.14. The van der Waals surface area contributed by atoms with Gasteiger partial charge in [0.05, 0.1) is 0 Å². The van der Waals surface area contributed by atoms with Crippen LogP contribution in [0.2, 0.25) is 0 Å². The summed E-state index contributed by atoms with van der Waals surface area (Å²) in [6.07, 6.45) is 10.6. The molecule has 126 valence electrons. The maximum absolute atomic E-state index is 11.7. The summed E-state index contributed by atoms with van der Waals surface area (Å²) in [5.74, 6) is 1.84. The normalized spacial score (nSPS) is 15.8. The first-order valence-corrected chi connectivity index (χ1v) is 8.66. The van der Waals surface area contributed by atoms with Crippen LogP contribution in [0.1, 0.15) is 71.6 Å². The van der Waals surface area contributed by atoms with Crippen molar-refractivity contribution in [1.29, 1.82) is 0 Å². The molecule has 1 aliphatic rings. The third-order valence-corrected chi connectivity index (χ3v) is 4.27. The lowest BCUT2D eigenvalue weighted by Gasteiger charge is -2.22. The van der Waals surface area contributed by atoms with Gasteiger partial charge in [-0.25, -0.2) is 0 Å². The second-order valence-electron chi connectivity index (χ2n) is 6.68. The van der Waals surface area contributed by atoms with Crippen LogP contribution in [-0.2, 0) is 4.79 Å². The largest absolute Gasteiger partial charge is 0.356 e. The summed E-state index contributed by atoms with van der Waals surface area (Å²) in [4.78, 5) is 11.7. The predicted octanol–water partition coefficient (Wildman–Crippen LogP) is 3.91. The lowest BCUT2D eigenvalue weighted by atomic mass is 9.93. The Morgan fingerprint density at radius 1 is 1.14 bits per heavy atom. The van der Waals surface area contributed by atoms with Gasteiger partial charge in [0.15, 0.2) is 0 Å². The lowest BCUT2D eigenvalue weighted by molar-refractivity contribution is -0.121. The molecule has 1 saturated heterocycles. The standard InChI is InChI=1S/C17H34N2O.ClH/c1-15(2)7-5-3-4-6-12-19-17(20)9-8-16-10-13-18-14-11-16;/h15-16,18H,3-14H2,1-2H3,(H,19,20);1H. The fraction of sp³-hybridized carbons (Fsp3) is 0.941. The molecule has 1 heterocycles. The monoisotopic (exact) mass is 318 g/mol. The van der Waals surface area contributed by atoms with E-state index in [0.717, 1.165) is 50.7 Å². The van der Waals surface area contributed by atoms with Crippen molar-refractivity contribution < 1.29 is 4.79 Å². The van der Waals surface area contributed by atoms with Crippen molar-refractivity contribution in [2.45, 2.75) is 71.6 Å². The second kappa shape index (κ2) is 13.4.